The Morgan fingerprint density at radius 2 is 1.76 bits per heavy atom. The van der Waals surface area contributed by atoms with E-state index >= 15 is 0 Å². The minimum absolute atomic E-state index is 0.0406. The van der Waals surface area contributed by atoms with Crippen LogP contribution in [0.3, 0.4) is 0 Å². The van der Waals surface area contributed by atoms with Crippen LogP contribution in [-0.4, -0.2) is 19.8 Å². The second kappa shape index (κ2) is 5.40. The number of hydrogen-bond donors (Lipinski definition) is 1. The summed E-state index contributed by atoms with van der Waals surface area (Å²) >= 11 is 0. The number of alkyl halides is 3. The minimum atomic E-state index is -4.11. The van der Waals surface area contributed by atoms with Crippen molar-refractivity contribution in [1.82, 2.24) is 0 Å². The summed E-state index contributed by atoms with van der Waals surface area (Å²) in [7, 11) is 1.65. The molecule has 0 radical (unpaired) electrons. The zero-order valence-electron chi connectivity index (χ0n) is 9.96. The number of nitrogens with two attached hydrogens (primary N) is 1. The van der Waals surface area contributed by atoms with Gasteiger partial charge in [0.05, 0.1) is 6.42 Å². The van der Waals surface area contributed by atoms with Crippen molar-refractivity contribution in [2.45, 2.75) is 25.6 Å². The van der Waals surface area contributed by atoms with Crippen molar-refractivity contribution in [1.29, 1.82) is 0 Å². The van der Waals surface area contributed by atoms with Gasteiger partial charge in [-0.1, -0.05) is 12.1 Å². The molecule has 1 unspecified atom stereocenters. The molecule has 0 aliphatic heterocycles. The average Bonchev–Trinajstić information content (AvgIpc) is 2.25. The highest BCUT2D eigenvalue weighted by Crippen LogP contribution is 2.22. The molecule has 1 atom stereocenters. The van der Waals surface area contributed by atoms with Crippen molar-refractivity contribution in [2.24, 2.45) is 5.73 Å². The van der Waals surface area contributed by atoms with Gasteiger partial charge in [0.25, 0.3) is 0 Å². The third-order valence-corrected chi connectivity index (χ3v) is 2.59. The molecule has 96 valence electrons. The van der Waals surface area contributed by atoms with Crippen LogP contribution in [0, 0.1) is 0 Å². The highest BCUT2D eigenvalue weighted by Gasteiger charge is 2.27. The molecule has 0 fully saturated rings. The molecule has 1 aromatic carbocycles. The fourth-order valence-electron chi connectivity index (χ4n) is 1.46. The fraction of sp³-hybridized carbons (Fsp3) is 0.500. The maximum atomic E-state index is 12.1. The predicted octanol–water partition coefficient (Wildman–Crippen LogP) is 3.09. The molecule has 1 rings (SSSR count). The van der Waals surface area contributed by atoms with Crippen molar-refractivity contribution >= 4 is 5.69 Å². The molecule has 0 spiro atoms. The molecule has 0 saturated carbocycles. The number of rotatable bonds is 4. The van der Waals surface area contributed by atoms with Gasteiger partial charge in [-0.2, -0.15) is 13.2 Å². The van der Waals surface area contributed by atoms with E-state index in [1.54, 1.807) is 24.1 Å². The van der Waals surface area contributed by atoms with E-state index in [0.29, 0.717) is 0 Å². The molecule has 0 aliphatic carbocycles. The van der Waals surface area contributed by atoms with Crippen molar-refractivity contribution in [3.8, 4) is 0 Å². The fourth-order valence-corrected chi connectivity index (χ4v) is 1.46. The zero-order chi connectivity index (χ0) is 13.1. The van der Waals surface area contributed by atoms with Gasteiger partial charge in [-0.25, -0.2) is 0 Å². The van der Waals surface area contributed by atoms with Crippen LogP contribution < -0.4 is 10.6 Å². The van der Waals surface area contributed by atoms with E-state index < -0.39 is 12.6 Å². The molecule has 5 heteroatoms. The quantitative estimate of drug-likeness (QED) is 0.884. The summed E-state index contributed by atoms with van der Waals surface area (Å²) < 4.78 is 36.2. The summed E-state index contributed by atoms with van der Waals surface area (Å²) in [4.78, 5) is 1.58. The van der Waals surface area contributed by atoms with Gasteiger partial charge in [-0.15, -0.1) is 0 Å². The van der Waals surface area contributed by atoms with E-state index in [1.807, 2.05) is 19.1 Å². The molecule has 0 heterocycles. The van der Waals surface area contributed by atoms with Crippen molar-refractivity contribution in [3.05, 3.63) is 29.8 Å². The van der Waals surface area contributed by atoms with Gasteiger partial charge in [0.1, 0.15) is 0 Å². The Balaban J connectivity index is 2.60. The Hall–Kier alpha value is -1.23. The molecular formula is C12H17F3N2. The van der Waals surface area contributed by atoms with Crippen LogP contribution in [0.2, 0.25) is 0 Å². The largest absolute Gasteiger partial charge is 0.390 e. The lowest BCUT2D eigenvalue weighted by Gasteiger charge is -2.20. The van der Waals surface area contributed by atoms with Gasteiger partial charge in [0.2, 0.25) is 0 Å². The summed E-state index contributed by atoms with van der Waals surface area (Å²) in [5.41, 5.74) is 7.43. The van der Waals surface area contributed by atoms with E-state index in [4.69, 9.17) is 5.73 Å². The first-order valence-corrected chi connectivity index (χ1v) is 5.43. The van der Waals surface area contributed by atoms with Gasteiger partial charge in [-0.05, 0) is 24.6 Å². The third-order valence-electron chi connectivity index (χ3n) is 2.59. The van der Waals surface area contributed by atoms with Gasteiger partial charge >= 0.3 is 6.18 Å². The lowest BCUT2D eigenvalue weighted by atomic mass is 10.1. The number of hydrogen-bond acceptors (Lipinski definition) is 2. The Kier molecular flexibility index (Phi) is 4.40. The SMILES string of the molecule is CC(N)c1ccc(N(C)CCC(F)(F)F)cc1. The maximum absolute atomic E-state index is 12.1. The Bertz CT molecular complexity index is 344. The van der Waals surface area contributed by atoms with Gasteiger partial charge in [0.15, 0.2) is 0 Å². The van der Waals surface area contributed by atoms with E-state index in [2.05, 4.69) is 0 Å². The van der Waals surface area contributed by atoms with E-state index in [0.717, 1.165) is 11.3 Å². The van der Waals surface area contributed by atoms with Crippen LogP contribution in [0.4, 0.5) is 18.9 Å². The van der Waals surface area contributed by atoms with Gasteiger partial charge in [-0.3, -0.25) is 0 Å². The number of benzene rings is 1. The molecule has 0 aromatic heterocycles. The second-order valence-corrected chi connectivity index (χ2v) is 4.17. The summed E-state index contributed by atoms with van der Waals surface area (Å²) in [5, 5.41) is 0. The van der Waals surface area contributed by atoms with E-state index in [9.17, 15) is 13.2 Å². The van der Waals surface area contributed by atoms with Gasteiger partial charge < -0.3 is 10.6 Å². The molecular weight excluding hydrogens is 229 g/mol. The summed E-state index contributed by atoms with van der Waals surface area (Å²) in [6, 6.07) is 7.18. The van der Waals surface area contributed by atoms with Crippen LogP contribution in [-0.2, 0) is 0 Å². The molecule has 2 N–H and O–H groups in total. The number of anilines is 1. The van der Waals surface area contributed by atoms with Crippen LogP contribution in [0.5, 0.6) is 0 Å². The lowest BCUT2D eigenvalue weighted by molar-refractivity contribution is -0.132. The average molecular weight is 246 g/mol. The first-order valence-electron chi connectivity index (χ1n) is 5.43. The molecule has 0 aliphatic rings. The highest BCUT2D eigenvalue weighted by atomic mass is 19.4. The normalized spacial score (nSPS) is 13.5. The van der Waals surface area contributed by atoms with Crippen molar-refractivity contribution < 1.29 is 13.2 Å². The smallest absolute Gasteiger partial charge is 0.374 e. The molecule has 0 amide bonds. The van der Waals surface area contributed by atoms with Crippen molar-refractivity contribution in [3.63, 3.8) is 0 Å². The standard InChI is InChI=1S/C12H17F3N2/c1-9(16)10-3-5-11(6-4-10)17(2)8-7-12(13,14)15/h3-6,9H,7-8,16H2,1-2H3. The lowest BCUT2D eigenvalue weighted by Crippen LogP contribution is -2.24. The Morgan fingerprint density at radius 1 is 1.24 bits per heavy atom. The van der Waals surface area contributed by atoms with Crippen LogP contribution >= 0.6 is 0 Å². The number of halogens is 3. The highest BCUT2D eigenvalue weighted by molar-refractivity contribution is 5.47. The third kappa shape index (κ3) is 4.65. The van der Waals surface area contributed by atoms with Crippen molar-refractivity contribution in [2.75, 3.05) is 18.5 Å². The molecule has 1 aromatic rings. The van der Waals surface area contributed by atoms with E-state index in [-0.39, 0.29) is 12.6 Å². The zero-order valence-corrected chi connectivity index (χ0v) is 9.96. The Morgan fingerprint density at radius 3 is 2.18 bits per heavy atom. The number of nitrogens with zero attached hydrogens (tertiary/aromatic N) is 1. The molecule has 17 heavy (non-hydrogen) atoms. The van der Waals surface area contributed by atoms with Gasteiger partial charge in [0, 0.05) is 25.3 Å². The maximum Gasteiger partial charge on any atom is 0.390 e. The van der Waals surface area contributed by atoms with E-state index in [1.165, 1.54) is 0 Å². The topological polar surface area (TPSA) is 29.3 Å². The summed E-state index contributed by atoms with van der Waals surface area (Å²) in [6.45, 7) is 1.82. The Labute approximate surface area is 99.2 Å². The van der Waals surface area contributed by atoms with Crippen LogP contribution in [0.25, 0.3) is 0 Å². The van der Waals surface area contributed by atoms with Crippen LogP contribution in [0.15, 0.2) is 24.3 Å². The monoisotopic (exact) mass is 246 g/mol. The van der Waals surface area contributed by atoms with Crippen LogP contribution in [0.1, 0.15) is 24.9 Å². The summed E-state index contributed by atoms with van der Waals surface area (Å²) in [6.07, 6.45) is -4.92. The first-order chi connectivity index (χ1) is 7.79. The molecule has 2 nitrogen and oxygen atoms in total. The second-order valence-electron chi connectivity index (χ2n) is 4.17. The molecule has 0 saturated heterocycles. The minimum Gasteiger partial charge on any atom is -0.374 e. The first kappa shape index (κ1) is 13.8. The molecule has 0 bridgehead atoms. The summed E-state index contributed by atoms with van der Waals surface area (Å²) in [5.74, 6) is 0. The predicted molar refractivity (Wildman–Crippen MR) is 63.0 cm³/mol.